The topological polar surface area (TPSA) is 73.1 Å². The second kappa shape index (κ2) is 5.98. The molecular formula is C16H19N5O2. The van der Waals surface area contributed by atoms with Crippen LogP contribution < -0.4 is 4.74 Å². The summed E-state index contributed by atoms with van der Waals surface area (Å²) in [5.74, 6) is 0.601. The predicted octanol–water partition coefficient (Wildman–Crippen LogP) is 1.69. The van der Waals surface area contributed by atoms with Crippen LogP contribution in [0.25, 0.3) is 0 Å². The zero-order chi connectivity index (χ0) is 15.6. The molecule has 1 amide bonds. The molecule has 120 valence electrons. The number of carbonyl (C=O) groups excluding carboxylic acids is 1. The van der Waals surface area contributed by atoms with Crippen molar-refractivity contribution >= 4 is 5.91 Å². The third-order valence-corrected chi connectivity index (χ3v) is 4.49. The first-order valence-corrected chi connectivity index (χ1v) is 8.07. The third kappa shape index (κ3) is 2.91. The van der Waals surface area contributed by atoms with E-state index in [0.717, 1.165) is 12.8 Å². The van der Waals surface area contributed by atoms with Crippen molar-refractivity contribution < 1.29 is 9.53 Å². The molecule has 2 aromatic rings. The van der Waals surface area contributed by atoms with Gasteiger partial charge in [0.25, 0.3) is 5.91 Å². The zero-order valence-electron chi connectivity index (χ0n) is 12.8. The summed E-state index contributed by atoms with van der Waals surface area (Å²) in [5.41, 5.74) is 0.593. The van der Waals surface area contributed by atoms with Crippen molar-refractivity contribution in [2.24, 2.45) is 0 Å². The van der Waals surface area contributed by atoms with E-state index in [-0.39, 0.29) is 18.1 Å². The van der Waals surface area contributed by atoms with Gasteiger partial charge in [0.15, 0.2) is 0 Å². The molecule has 23 heavy (non-hydrogen) atoms. The van der Waals surface area contributed by atoms with Crippen molar-refractivity contribution in [2.75, 3.05) is 13.1 Å². The normalized spacial score (nSPS) is 18.9. The highest BCUT2D eigenvalue weighted by Crippen LogP contribution is 2.24. The minimum atomic E-state index is -0.00618. The first-order chi connectivity index (χ1) is 11.3. The zero-order valence-corrected chi connectivity index (χ0v) is 12.8. The summed E-state index contributed by atoms with van der Waals surface area (Å²) in [5, 5.41) is 8.21. The summed E-state index contributed by atoms with van der Waals surface area (Å²) < 4.78 is 5.82. The molecule has 0 unspecified atom stereocenters. The van der Waals surface area contributed by atoms with E-state index in [9.17, 15) is 4.79 Å². The van der Waals surface area contributed by atoms with Gasteiger partial charge in [-0.3, -0.25) is 4.79 Å². The molecular weight excluding hydrogens is 294 g/mol. The Morgan fingerprint density at radius 3 is 2.52 bits per heavy atom. The Balaban J connectivity index is 1.34. The number of hydrogen-bond donors (Lipinski definition) is 0. The molecule has 2 aromatic heterocycles. The first kappa shape index (κ1) is 14.2. The Hall–Kier alpha value is -2.44. The molecule has 7 nitrogen and oxygen atoms in total. The van der Waals surface area contributed by atoms with Gasteiger partial charge in [0, 0.05) is 25.4 Å². The Morgan fingerprint density at radius 1 is 1.13 bits per heavy atom. The fourth-order valence-electron chi connectivity index (χ4n) is 3.12. The van der Waals surface area contributed by atoms with Crippen LogP contribution in [0.2, 0.25) is 0 Å². The lowest BCUT2D eigenvalue weighted by atomic mass is 10.1. The maximum absolute atomic E-state index is 12.4. The summed E-state index contributed by atoms with van der Waals surface area (Å²) >= 11 is 0. The molecule has 7 heteroatoms. The molecule has 1 saturated heterocycles. The summed E-state index contributed by atoms with van der Waals surface area (Å²) in [6, 6.07) is 3.75. The predicted molar refractivity (Wildman–Crippen MR) is 82.1 cm³/mol. The van der Waals surface area contributed by atoms with Crippen molar-refractivity contribution in [3.8, 4) is 5.88 Å². The fourth-order valence-corrected chi connectivity index (χ4v) is 3.12. The van der Waals surface area contributed by atoms with Gasteiger partial charge in [-0.15, -0.1) is 0 Å². The van der Waals surface area contributed by atoms with Crippen molar-refractivity contribution in [3.63, 3.8) is 0 Å². The number of rotatable bonds is 4. The van der Waals surface area contributed by atoms with Crippen LogP contribution in [-0.2, 0) is 0 Å². The van der Waals surface area contributed by atoms with Gasteiger partial charge in [-0.05, 0) is 31.7 Å². The number of aromatic nitrogens is 4. The lowest BCUT2D eigenvalue weighted by Crippen LogP contribution is -2.51. The molecule has 1 saturated carbocycles. The number of ether oxygens (including phenoxy) is 1. The minimum absolute atomic E-state index is 0.00618. The molecule has 2 aliphatic rings. The highest BCUT2D eigenvalue weighted by Gasteiger charge is 2.33. The van der Waals surface area contributed by atoms with E-state index in [2.05, 4.69) is 15.2 Å². The summed E-state index contributed by atoms with van der Waals surface area (Å²) in [6.45, 7) is 1.27. The summed E-state index contributed by atoms with van der Waals surface area (Å²) in [7, 11) is 0. The van der Waals surface area contributed by atoms with Gasteiger partial charge in [-0.1, -0.05) is 0 Å². The van der Waals surface area contributed by atoms with Crippen LogP contribution in [0.15, 0.2) is 30.7 Å². The molecule has 0 spiro atoms. The van der Waals surface area contributed by atoms with Crippen molar-refractivity contribution in [2.45, 2.75) is 37.8 Å². The smallest absolute Gasteiger partial charge is 0.255 e. The van der Waals surface area contributed by atoms with E-state index in [1.807, 2.05) is 0 Å². The van der Waals surface area contributed by atoms with Gasteiger partial charge < -0.3 is 9.64 Å². The van der Waals surface area contributed by atoms with E-state index in [4.69, 9.17) is 4.74 Å². The number of nitrogens with zero attached hydrogens (tertiary/aromatic N) is 5. The van der Waals surface area contributed by atoms with Crippen LogP contribution in [-0.4, -0.2) is 50.0 Å². The van der Waals surface area contributed by atoms with Gasteiger partial charge in [0.1, 0.15) is 12.1 Å². The molecule has 0 N–H and O–H groups in total. The maximum atomic E-state index is 12.4. The Kier molecular flexibility index (Phi) is 3.69. The van der Waals surface area contributed by atoms with Crippen LogP contribution in [0, 0.1) is 0 Å². The molecule has 4 rings (SSSR count). The number of hydrogen-bond acceptors (Lipinski definition) is 5. The molecule has 1 aliphatic carbocycles. The van der Waals surface area contributed by atoms with E-state index < -0.39 is 0 Å². The molecule has 0 bridgehead atoms. The van der Waals surface area contributed by atoms with E-state index in [1.165, 1.54) is 12.8 Å². The van der Waals surface area contributed by atoms with E-state index in [1.54, 1.807) is 40.4 Å². The molecule has 1 aliphatic heterocycles. The van der Waals surface area contributed by atoms with Gasteiger partial charge in [-0.2, -0.15) is 15.0 Å². The third-order valence-electron chi connectivity index (χ3n) is 4.49. The molecule has 2 fully saturated rings. The number of carbonyl (C=O) groups is 1. The standard InChI is InChI=1S/C16H19N5O2/c22-16(20-10-13(11-20)21-18-7-8-19-21)12-5-6-15(17-9-12)23-14-3-1-2-4-14/h5-9,13-14H,1-4,10-11H2. The van der Waals surface area contributed by atoms with Gasteiger partial charge in [0.2, 0.25) is 5.88 Å². The second-order valence-corrected chi connectivity index (χ2v) is 6.12. The molecule has 0 radical (unpaired) electrons. The van der Waals surface area contributed by atoms with Crippen LogP contribution in [0.5, 0.6) is 5.88 Å². The SMILES string of the molecule is O=C(c1ccc(OC2CCCC2)nc1)N1CC(n2nccn2)C1. The number of pyridine rings is 1. The average molecular weight is 313 g/mol. The monoisotopic (exact) mass is 313 g/mol. The van der Waals surface area contributed by atoms with Crippen LogP contribution in [0.1, 0.15) is 42.1 Å². The average Bonchev–Trinajstić information content (AvgIpc) is 3.20. The van der Waals surface area contributed by atoms with Crippen molar-refractivity contribution in [1.29, 1.82) is 0 Å². The van der Waals surface area contributed by atoms with Gasteiger partial charge in [0.05, 0.1) is 18.0 Å². The Morgan fingerprint density at radius 2 is 1.87 bits per heavy atom. The van der Waals surface area contributed by atoms with Crippen LogP contribution >= 0.6 is 0 Å². The highest BCUT2D eigenvalue weighted by atomic mass is 16.5. The summed E-state index contributed by atoms with van der Waals surface area (Å²) in [4.78, 5) is 20.1. The first-order valence-electron chi connectivity index (χ1n) is 8.07. The lowest BCUT2D eigenvalue weighted by molar-refractivity contribution is 0.0476. The van der Waals surface area contributed by atoms with Crippen LogP contribution in [0.4, 0.5) is 0 Å². The minimum Gasteiger partial charge on any atom is -0.474 e. The lowest BCUT2D eigenvalue weighted by Gasteiger charge is -2.38. The van der Waals surface area contributed by atoms with E-state index >= 15 is 0 Å². The highest BCUT2D eigenvalue weighted by molar-refractivity contribution is 5.94. The Bertz CT molecular complexity index is 658. The summed E-state index contributed by atoms with van der Waals surface area (Å²) in [6.07, 6.45) is 9.83. The van der Waals surface area contributed by atoms with E-state index in [0.29, 0.717) is 24.5 Å². The van der Waals surface area contributed by atoms with Gasteiger partial charge in [-0.25, -0.2) is 4.98 Å². The molecule has 0 aromatic carbocycles. The van der Waals surface area contributed by atoms with Crippen LogP contribution in [0.3, 0.4) is 0 Å². The fraction of sp³-hybridized carbons (Fsp3) is 0.500. The van der Waals surface area contributed by atoms with Crippen molar-refractivity contribution in [1.82, 2.24) is 24.9 Å². The maximum Gasteiger partial charge on any atom is 0.255 e. The molecule has 0 atom stereocenters. The van der Waals surface area contributed by atoms with Crippen molar-refractivity contribution in [3.05, 3.63) is 36.3 Å². The van der Waals surface area contributed by atoms with Gasteiger partial charge >= 0.3 is 0 Å². The number of amides is 1. The second-order valence-electron chi connectivity index (χ2n) is 6.12. The Labute approximate surface area is 134 Å². The quantitative estimate of drug-likeness (QED) is 0.859. The molecule has 3 heterocycles. The largest absolute Gasteiger partial charge is 0.474 e. The number of likely N-dealkylation sites (tertiary alicyclic amines) is 1.